The van der Waals surface area contributed by atoms with Gasteiger partial charge in [-0.25, -0.2) is 0 Å². The number of hydrogen-bond donors (Lipinski definition) is 2. The Labute approximate surface area is 268 Å². The molecule has 2 N–H and O–H groups in total. The Kier molecular flexibility index (Phi) is 9.29. The second-order valence-corrected chi connectivity index (χ2v) is 18.1. The predicted molar refractivity (Wildman–Crippen MR) is 176 cm³/mol. The van der Waals surface area contributed by atoms with Crippen molar-refractivity contribution in [1.29, 1.82) is 0 Å². The van der Waals surface area contributed by atoms with E-state index in [1.54, 1.807) is 5.57 Å². The van der Waals surface area contributed by atoms with E-state index in [2.05, 4.69) is 54.5 Å². The lowest BCUT2D eigenvalue weighted by atomic mass is 9.33. The molecule has 4 fully saturated rings. The molecule has 0 bridgehead atoms. The van der Waals surface area contributed by atoms with Gasteiger partial charge >= 0.3 is 11.9 Å². The van der Waals surface area contributed by atoms with Crippen LogP contribution in [0.15, 0.2) is 11.6 Å². The molecule has 4 saturated carbocycles. The number of rotatable bonds is 10. The van der Waals surface area contributed by atoms with Crippen molar-refractivity contribution in [2.45, 2.75) is 164 Å². The fraction of sp³-hybridized carbons (Fsp3) is 0.897. The molecular formula is C39H64O5. The van der Waals surface area contributed by atoms with Crippen molar-refractivity contribution in [2.75, 3.05) is 6.61 Å². The summed E-state index contributed by atoms with van der Waals surface area (Å²) in [7, 11) is 0. The highest BCUT2D eigenvalue weighted by atomic mass is 16.5. The summed E-state index contributed by atoms with van der Waals surface area (Å²) in [5.74, 6) is 0.770. The van der Waals surface area contributed by atoms with Gasteiger partial charge in [0.15, 0.2) is 0 Å². The molecule has 0 aromatic rings. The molecule has 0 aromatic heterocycles. The lowest BCUT2D eigenvalue weighted by molar-refractivity contribution is -0.206. The summed E-state index contributed by atoms with van der Waals surface area (Å²) in [6.45, 7) is 17.7. The fourth-order valence-corrected chi connectivity index (χ4v) is 12.0. The zero-order valence-corrected chi connectivity index (χ0v) is 29.2. The van der Waals surface area contributed by atoms with Gasteiger partial charge in [0.1, 0.15) is 0 Å². The van der Waals surface area contributed by atoms with Crippen molar-refractivity contribution in [3.63, 3.8) is 0 Å². The average Bonchev–Trinajstić information content (AvgIpc) is 2.94. The van der Waals surface area contributed by atoms with Gasteiger partial charge in [-0.3, -0.25) is 9.59 Å². The third kappa shape index (κ3) is 5.51. The Balaban J connectivity index is 1.33. The molecule has 0 aliphatic heterocycles. The molecule has 0 saturated heterocycles. The minimum absolute atomic E-state index is 0.0432. The summed E-state index contributed by atoms with van der Waals surface area (Å²) in [6, 6.07) is 0. The van der Waals surface area contributed by atoms with Crippen LogP contribution in [-0.4, -0.2) is 34.9 Å². The highest BCUT2D eigenvalue weighted by Gasteiger charge is 2.69. The molecule has 250 valence electrons. The van der Waals surface area contributed by atoms with Crippen LogP contribution >= 0.6 is 0 Å². The van der Waals surface area contributed by atoms with Crippen molar-refractivity contribution >= 4 is 11.9 Å². The SMILES string of the molecule is CC1(C)CC[C@]2(C(=O)OCCCCCCCCC(=O)O)CC[C@]3(C)C(=CC[C@@H]4[C@@]5(C)CC[C@H](O)C(C)(C)[C@@H]5CC[C@]43C)[C@@H]2C1. The second-order valence-electron chi connectivity index (χ2n) is 18.1. The first-order valence-electron chi connectivity index (χ1n) is 18.3. The lowest BCUT2D eigenvalue weighted by Gasteiger charge is -2.71. The summed E-state index contributed by atoms with van der Waals surface area (Å²) in [6.07, 6.45) is 19.1. The number of aliphatic hydroxyl groups excluding tert-OH is 1. The molecule has 0 aromatic carbocycles. The first-order chi connectivity index (χ1) is 20.5. The number of aliphatic hydroxyl groups is 1. The van der Waals surface area contributed by atoms with E-state index in [4.69, 9.17) is 9.84 Å². The van der Waals surface area contributed by atoms with E-state index in [9.17, 15) is 14.7 Å². The van der Waals surface area contributed by atoms with Gasteiger partial charge in [0.2, 0.25) is 0 Å². The Morgan fingerprint density at radius 2 is 1.48 bits per heavy atom. The Bertz CT molecular complexity index is 1120. The van der Waals surface area contributed by atoms with Gasteiger partial charge in [-0.1, -0.05) is 85.8 Å². The molecule has 5 heteroatoms. The molecule has 0 unspecified atom stereocenters. The van der Waals surface area contributed by atoms with Crippen LogP contribution in [0.25, 0.3) is 0 Å². The van der Waals surface area contributed by atoms with Gasteiger partial charge < -0.3 is 14.9 Å². The number of allylic oxidation sites excluding steroid dienone is 2. The molecule has 0 spiro atoms. The van der Waals surface area contributed by atoms with Gasteiger partial charge in [0, 0.05) is 6.42 Å². The molecule has 0 radical (unpaired) electrons. The molecule has 44 heavy (non-hydrogen) atoms. The topological polar surface area (TPSA) is 83.8 Å². The van der Waals surface area contributed by atoms with E-state index >= 15 is 0 Å². The Morgan fingerprint density at radius 1 is 0.818 bits per heavy atom. The van der Waals surface area contributed by atoms with Crippen LogP contribution in [0, 0.1) is 50.2 Å². The molecule has 5 aliphatic rings. The van der Waals surface area contributed by atoms with Gasteiger partial charge in [-0.2, -0.15) is 0 Å². The van der Waals surface area contributed by atoms with E-state index in [-0.39, 0.29) is 56.9 Å². The number of aliphatic carboxylic acids is 1. The molecule has 5 nitrogen and oxygen atoms in total. The number of ether oxygens (including phenoxy) is 1. The lowest BCUT2D eigenvalue weighted by Crippen LogP contribution is -2.65. The maximum Gasteiger partial charge on any atom is 0.312 e. The van der Waals surface area contributed by atoms with Gasteiger partial charge in [0.25, 0.3) is 0 Å². The quantitative estimate of drug-likeness (QED) is 0.146. The van der Waals surface area contributed by atoms with Crippen LogP contribution in [0.1, 0.15) is 158 Å². The first-order valence-corrected chi connectivity index (χ1v) is 18.3. The monoisotopic (exact) mass is 612 g/mol. The number of carbonyl (C=O) groups excluding carboxylic acids is 1. The number of fused-ring (bicyclic) bond motifs is 7. The van der Waals surface area contributed by atoms with Crippen LogP contribution in [0.4, 0.5) is 0 Å². The predicted octanol–water partition coefficient (Wildman–Crippen LogP) is 9.51. The van der Waals surface area contributed by atoms with E-state index < -0.39 is 5.97 Å². The largest absolute Gasteiger partial charge is 0.481 e. The number of unbranched alkanes of at least 4 members (excludes halogenated alkanes) is 5. The summed E-state index contributed by atoms with van der Waals surface area (Å²) < 4.78 is 6.17. The van der Waals surface area contributed by atoms with Crippen molar-refractivity contribution in [3.8, 4) is 0 Å². The highest BCUT2D eigenvalue weighted by Crippen LogP contribution is 2.75. The summed E-state index contributed by atoms with van der Waals surface area (Å²) >= 11 is 0. The molecule has 0 amide bonds. The molecule has 0 heterocycles. The number of esters is 1. The maximum atomic E-state index is 14.2. The van der Waals surface area contributed by atoms with E-state index in [1.807, 2.05) is 0 Å². The fourth-order valence-electron chi connectivity index (χ4n) is 12.0. The second kappa shape index (κ2) is 12.0. The van der Waals surface area contributed by atoms with Crippen LogP contribution in [0.5, 0.6) is 0 Å². The number of carboxylic acids is 1. The van der Waals surface area contributed by atoms with Crippen LogP contribution in [0.2, 0.25) is 0 Å². The standard InChI is InChI=1S/C39H64O5/c1-34(2)21-23-39(33(43)44-25-13-11-9-8-10-12-14-32(41)42)24-22-37(6)27(28(39)26-34)15-16-30-36(5)19-18-31(40)35(3,4)29(36)17-20-38(30,37)7/h15,28-31,40H,8-14,16-26H2,1-7H3,(H,41,42)/t28-,29-,30+,31-,36-,37+,38+,39-/m0/s1. The zero-order valence-electron chi connectivity index (χ0n) is 29.2. The smallest absolute Gasteiger partial charge is 0.312 e. The maximum absolute atomic E-state index is 14.2. The van der Waals surface area contributed by atoms with Gasteiger partial charge in [0.05, 0.1) is 18.1 Å². The summed E-state index contributed by atoms with van der Waals surface area (Å²) in [4.78, 5) is 24.9. The molecule has 8 atom stereocenters. The number of carboxylic acid groups (broad SMARTS) is 1. The van der Waals surface area contributed by atoms with Crippen LogP contribution < -0.4 is 0 Å². The minimum Gasteiger partial charge on any atom is -0.481 e. The third-order valence-electron chi connectivity index (χ3n) is 15.0. The summed E-state index contributed by atoms with van der Waals surface area (Å²) in [5.41, 5.74) is 1.90. The van der Waals surface area contributed by atoms with Crippen molar-refractivity contribution in [1.82, 2.24) is 0 Å². The van der Waals surface area contributed by atoms with Crippen molar-refractivity contribution in [3.05, 3.63) is 11.6 Å². The zero-order chi connectivity index (χ0) is 32.2. The number of hydrogen-bond acceptors (Lipinski definition) is 4. The number of carbonyl (C=O) groups is 2. The molecular weight excluding hydrogens is 548 g/mol. The van der Waals surface area contributed by atoms with E-state index in [0.717, 1.165) is 89.9 Å². The Hall–Kier alpha value is -1.36. The van der Waals surface area contributed by atoms with Gasteiger partial charge in [-0.15, -0.1) is 0 Å². The van der Waals surface area contributed by atoms with Crippen molar-refractivity contribution < 1.29 is 24.5 Å². The first kappa shape index (κ1) is 34.0. The van der Waals surface area contributed by atoms with Crippen molar-refractivity contribution in [2.24, 2.45) is 50.2 Å². The average molecular weight is 613 g/mol. The normalized spacial score (nSPS) is 42.1. The van der Waals surface area contributed by atoms with E-state index in [0.29, 0.717) is 18.4 Å². The van der Waals surface area contributed by atoms with E-state index in [1.165, 1.54) is 12.8 Å². The highest BCUT2D eigenvalue weighted by molar-refractivity contribution is 5.78. The molecule has 5 aliphatic carbocycles. The van der Waals surface area contributed by atoms with Crippen LogP contribution in [-0.2, 0) is 14.3 Å². The minimum atomic E-state index is -0.711. The van der Waals surface area contributed by atoms with Crippen LogP contribution in [0.3, 0.4) is 0 Å². The molecule has 5 rings (SSSR count). The third-order valence-corrected chi connectivity index (χ3v) is 15.0. The Morgan fingerprint density at radius 3 is 2.18 bits per heavy atom. The summed E-state index contributed by atoms with van der Waals surface area (Å²) in [5, 5.41) is 19.8. The van der Waals surface area contributed by atoms with Gasteiger partial charge in [-0.05, 0) is 122 Å².